The SMILES string of the molecule is CCCOc1ccc(/C(O)=C2/C(=O)C(=O)N(C3CCCCC3)C2c2ccco2)cc1C. The second-order valence-corrected chi connectivity index (χ2v) is 8.34. The Morgan fingerprint density at radius 3 is 2.61 bits per heavy atom. The predicted octanol–water partition coefficient (Wildman–Crippen LogP) is 5.13. The number of furan rings is 1. The first-order chi connectivity index (χ1) is 15.0. The molecule has 1 atom stereocenters. The Bertz CT molecular complexity index is 985. The fraction of sp³-hybridized carbons (Fsp3) is 0.440. The van der Waals surface area contributed by atoms with E-state index in [-0.39, 0.29) is 17.4 Å². The minimum Gasteiger partial charge on any atom is -0.507 e. The monoisotopic (exact) mass is 423 g/mol. The van der Waals surface area contributed by atoms with Gasteiger partial charge in [-0.25, -0.2) is 0 Å². The summed E-state index contributed by atoms with van der Waals surface area (Å²) >= 11 is 0. The number of amides is 1. The summed E-state index contributed by atoms with van der Waals surface area (Å²) in [5.74, 6) is -0.166. The molecular formula is C25H29NO5. The van der Waals surface area contributed by atoms with E-state index >= 15 is 0 Å². The maximum absolute atomic E-state index is 13.1. The summed E-state index contributed by atoms with van der Waals surface area (Å²) < 4.78 is 11.3. The highest BCUT2D eigenvalue weighted by molar-refractivity contribution is 6.46. The van der Waals surface area contributed by atoms with Gasteiger partial charge < -0.3 is 19.2 Å². The van der Waals surface area contributed by atoms with Crippen LogP contribution < -0.4 is 4.74 Å². The van der Waals surface area contributed by atoms with Crippen LogP contribution in [0.4, 0.5) is 0 Å². The van der Waals surface area contributed by atoms with Crippen LogP contribution in [0.3, 0.4) is 0 Å². The molecule has 1 unspecified atom stereocenters. The van der Waals surface area contributed by atoms with Gasteiger partial charge in [0.2, 0.25) is 0 Å². The Kier molecular flexibility index (Phi) is 6.16. The third kappa shape index (κ3) is 3.99. The van der Waals surface area contributed by atoms with Crippen LogP contribution in [0.25, 0.3) is 5.76 Å². The van der Waals surface area contributed by atoms with Gasteiger partial charge in [0.25, 0.3) is 11.7 Å². The molecule has 1 saturated heterocycles. The molecule has 1 saturated carbocycles. The van der Waals surface area contributed by atoms with Gasteiger partial charge in [0.1, 0.15) is 23.3 Å². The first-order valence-corrected chi connectivity index (χ1v) is 11.1. The number of benzene rings is 1. The van der Waals surface area contributed by atoms with Crippen molar-refractivity contribution in [3.63, 3.8) is 0 Å². The number of ketones is 1. The second kappa shape index (κ2) is 9.00. The number of aliphatic hydroxyl groups excluding tert-OH is 1. The highest BCUT2D eigenvalue weighted by atomic mass is 16.5. The molecule has 6 nitrogen and oxygen atoms in total. The zero-order valence-electron chi connectivity index (χ0n) is 18.1. The van der Waals surface area contributed by atoms with Gasteiger partial charge in [0, 0.05) is 11.6 Å². The van der Waals surface area contributed by atoms with Crippen molar-refractivity contribution in [1.29, 1.82) is 0 Å². The van der Waals surface area contributed by atoms with Gasteiger partial charge >= 0.3 is 0 Å². The number of Topliss-reactive ketones (excluding diaryl/α,β-unsaturated/α-hetero) is 1. The van der Waals surface area contributed by atoms with Crippen molar-refractivity contribution >= 4 is 17.4 Å². The fourth-order valence-corrected chi connectivity index (χ4v) is 4.64. The average Bonchev–Trinajstić information content (AvgIpc) is 3.40. The van der Waals surface area contributed by atoms with E-state index in [4.69, 9.17) is 9.15 Å². The van der Waals surface area contributed by atoms with E-state index < -0.39 is 17.7 Å². The van der Waals surface area contributed by atoms with Crippen molar-refractivity contribution in [3.05, 3.63) is 59.1 Å². The molecule has 1 aliphatic carbocycles. The van der Waals surface area contributed by atoms with Gasteiger partial charge in [-0.1, -0.05) is 26.2 Å². The van der Waals surface area contributed by atoms with Crippen molar-refractivity contribution in [2.24, 2.45) is 0 Å². The number of aliphatic hydroxyl groups is 1. The molecule has 2 fully saturated rings. The number of ether oxygens (including phenoxy) is 1. The number of aryl methyl sites for hydroxylation is 1. The molecule has 31 heavy (non-hydrogen) atoms. The molecule has 0 spiro atoms. The van der Waals surface area contributed by atoms with E-state index in [2.05, 4.69) is 0 Å². The molecular weight excluding hydrogens is 394 g/mol. The number of likely N-dealkylation sites (tertiary alicyclic amines) is 1. The highest BCUT2D eigenvalue weighted by Gasteiger charge is 2.50. The van der Waals surface area contributed by atoms with Gasteiger partial charge in [-0.3, -0.25) is 9.59 Å². The van der Waals surface area contributed by atoms with Gasteiger partial charge in [-0.15, -0.1) is 0 Å². The Hall–Kier alpha value is -3.02. The first kappa shape index (κ1) is 21.2. The average molecular weight is 424 g/mol. The van der Waals surface area contributed by atoms with E-state index in [1.165, 1.54) is 6.26 Å². The fourth-order valence-electron chi connectivity index (χ4n) is 4.64. The topological polar surface area (TPSA) is 80.0 Å². The van der Waals surface area contributed by atoms with Crippen LogP contribution in [0.2, 0.25) is 0 Å². The lowest BCUT2D eigenvalue weighted by Crippen LogP contribution is -2.40. The van der Waals surface area contributed by atoms with Crippen LogP contribution >= 0.6 is 0 Å². The Labute approximate surface area is 182 Å². The lowest BCUT2D eigenvalue weighted by Gasteiger charge is -2.34. The summed E-state index contributed by atoms with van der Waals surface area (Å²) in [7, 11) is 0. The van der Waals surface area contributed by atoms with E-state index in [1.54, 1.807) is 35.2 Å². The summed E-state index contributed by atoms with van der Waals surface area (Å²) in [6, 6.07) is 8.05. The van der Waals surface area contributed by atoms with Crippen LogP contribution in [0.15, 0.2) is 46.6 Å². The minimum absolute atomic E-state index is 0.0304. The third-order valence-electron chi connectivity index (χ3n) is 6.17. The smallest absolute Gasteiger partial charge is 0.296 e. The molecule has 1 amide bonds. The number of carbonyl (C=O) groups excluding carboxylic acids is 2. The number of nitrogens with zero attached hydrogens (tertiary/aromatic N) is 1. The van der Waals surface area contributed by atoms with Crippen molar-refractivity contribution in [2.75, 3.05) is 6.61 Å². The van der Waals surface area contributed by atoms with Crippen molar-refractivity contribution in [3.8, 4) is 5.75 Å². The molecule has 2 aromatic rings. The minimum atomic E-state index is -0.713. The molecule has 0 radical (unpaired) electrons. The normalized spacial score (nSPS) is 21.6. The van der Waals surface area contributed by atoms with Gasteiger partial charge in [-0.05, 0) is 62.1 Å². The number of hydrogen-bond acceptors (Lipinski definition) is 5. The van der Waals surface area contributed by atoms with Crippen LogP contribution in [0, 0.1) is 6.92 Å². The molecule has 2 aliphatic rings. The maximum atomic E-state index is 13.1. The zero-order valence-corrected chi connectivity index (χ0v) is 18.1. The van der Waals surface area contributed by atoms with E-state index in [9.17, 15) is 14.7 Å². The summed E-state index contributed by atoms with van der Waals surface area (Å²) in [4.78, 5) is 27.8. The Balaban J connectivity index is 1.77. The highest BCUT2D eigenvalue weighted by Crippen LogP contribution is 2.43. The molecule has 164 valence electrons. The van der Waals surface area contributed by atoms with Crippen molar-refractivity contribution < 1.29 is 23.8 Å². The molecule has 6 heteroatoms. The number of carbonyl (C=O) groups is 2. The summed E-state index contributed by atoms with van der Waals surface area (Å²) in [6.45, 7) is 4.54. The summed E-state index contributed by atoms with van der Waals surface area (Å²) in [6.07, 6.45) is 7.32. The predicted molar refractivity (Wildman–Crippen MR) is 117 cm³/mol. The molecule has 1 aromatic carbocycles. The van der Waals surface area contributed by atoms with Gasteiger partial charge in [0.05, 0.1) is 18.4 Å². The molecule has 4 rings (SSSR count). The Morgan fingerprint density at radius 1 is 1.19 bits per heavy atom. The van der Waals surface area contributed by atoms with Crippen LogP contribution in [-0.2, 0) is 9.59 Å². The summed E-state index contributed by atoms with van der Waals surface area (Å²) in [5, 5.41) is 11.2. The van der Waals surface area contributed by atoms with Crippen molar-refractivity contribution in [1.82, 2.24) is 4.90 Å². The quantitative estimate of drug-likeness (QED) is 0.396. The molecule has 1 aromatic heterocycles. The van der Waals surface area contributed by atoms with E-state index in [0.29, 0.717) is 17.9 Å². The molecule has 0 bridgehead atoms. The van der Waals surface area contributed by atoms with E-state index in [0.717, 1.165) is 49.8 Å². The number of rotatable bonds is 6. The molecule has 1 aliphatic heterocycles. The van der Waals surface area contributed by atoms with Crippen LogP contribution in [0.5, 0.6) is 5.75 Å². The first-order valence-electron chi connectivity index (χ1n) is 11.1. The Morgan fingerprint density at radius 2 is 1.97 bits per heavy atom. The summed E-state index contributed by atoms with van der Waals surface area (Å²) in [5.41, 5.74) is 1.43. The van der Waals surface area contributed by atoms with Gasteiger partial charge in [-0.2, -0.15) is 0 Å². The third-order valence-corrected chi connectivity index (χ3v) is 6.17. The van der Waals surface area contributed by atoms with Crippen molar-refractivity contribution in [2.45, 2.75) is 64.5 Å². The number of hydrogen-bond donors (Lipinski definition) is 1. The zero-order chi connectivity index (χ0) is 22.0. The van der Waals surface area contributed by atoms with Crippen LogP contribution in [-0.4, -0.2) is 34.3 Å². The molecule has 2 heterocycles. The lowest BCUT2D eigenvalue weighted by atomic mass is 9.92. The van der Waals surface area contributed by atoms with Gasteiger partial charge in [0.15, 0.2) is 0 Å². The second-order valence-electron chi connectivity index (χ2n) is 8.34. The lowest BCUT2D eigenvalue weighted by molar-refractivity contribution is -0.142. The largest absolute Gasteiger partial charge is 0.507 e. The maximum Gasteiger partial charge on any atom is 0.296 e. The van der Waals surface area contributed by atoms with Crippen LogP contribution in [0.1, 0.15) is 68.4 Å². The molecule has 1 N–H and O–H groups in total. The standard InChI is InChI=1S/C25H29NO5/c1-3-13-30-19-12-11-17(15-16(19)2)23(27)21-22(20-10-7-14-31-20)26(25(29)24(21)28)18-8-5-4-6-9-18/h7,10-12,14-15,18,22,27H,3-6,8-9,13H2,1-2H3/b23-21-. The van der Waals surface area contributed by atoms with E-state index in [1.807, 2.05) is 13.8 Å².